The van der Waals surface area contributed by atoms with Gasteiger partial charge in [-0.3, -0.25) is 19.2 Å². The van der Waals surface area contributed by atoms with Crippen molar-refractivity contribution in [1.82, 2.24) is 29.4 Å². The lowest BCUT2D eigenvalue weighted by atomic mass is 10.1. The highest BCUT2D eigenvalue weighted by atomic mass is 35.5. The summed E-state index contributed by atoms with van der Waals surface area (Å²) >= 11 is 6.09. The molecule has 4 aromatic rings. The molecule has 4 N–H and O–H groups in total. The number of halogens is 6. The molecule has 54 heavy (non-hydrogen) atoms. The number of hydrogen-bond acceptors (Lipinski definition) is 9. The molecule has 2 aromatic heterocycles. The Hall–Kier alpha value is -5.56. The predicted molar refractivity (Wildman–Crippen MR) is 187 cm³/mol. The summed E-state index contributed by atoms with van der Waals surface area (Å²) in [6.07, 6.45) is -2.13. The van der Waals surface area contributed by atoms with Gasteiger partial charge in [0.05, 0.1) is 53.0 Å². The maximum absolute atomic E-state index is 14.2. The lowest BCUT2D eigenvalue weighted by Crippen LogP contribution is -2.52. The van der Waals surface area contributed by atoms with Gasteiger partial charge in [-0.2, -0.15) is 22.7 Å². The number of aromatic nitrogens is 4. The van der Waals surface area contributed by atoms with E-state index in [-0.39, 0.29) is 60.6 Å². The molecular weight excluding hydrogens is 745 g/mol. The van der Waals surface area contributed by atoms with E-state index in [1.54, 1.807) is 17.9 Å². The number of nitrogens with two attached hydrogens (primary N) is 1. The Morgan fingerprint density at radius 1 is 1.06 bits per heavy atom. The lowest BCUT2D eigenvalue weighted by Gasteiger charge is -2.36. The second kappa shape index (κ2) is 15.4. The van der Waals surface area contributed by atoms with Gasteiger partial charge in [0.1, 0.15) is 23.9 Å². The zero-order valence-electron chi connectivity index (χ0n) is 28.6. The van der Waals surface area contributed by atoms with Crippen LogP contribution in [0.2, 0.25) is 5.02 Å². The normalized spacial score (nSPS) is 15.0. The van der Waals surface area contributed by atoms with E-state index in [9.17, 15) is 41.1 Å². The van der Waals surface area contributed by atoms with Gasteiger partial charge in [0, 0.05) is 32.2 Å². The van der Waals surface area contributed by atoms with E-state index in [0.717, 1.165) is 28.3 Å². The van der Waals surface area contributed by atoms with Crippen LogP contribution in [0.4, 0.5) is 39.0 Å². The maximum atomic E-state index is 14.2. The van der Waals surface area contributed by atoms with E-state index < -0.39 is 71.0 Å². The van der Waals surface area contributed by atoms with Gasteiger partial charge in [-0.1, -0.05) is 24.6 Å². The van der Waals surface area contributed by atoms with Crippen molar-refractivity contribution in [3.8, 4) is 0 Å². The van der Waals surface area contributed by atoms with Gasteiger partial charge < -0.3 is 35.5 Å². The van der Waals surface area contributed by atoms with E-state index >= 15 is 0 Å². The summed E-state index contributed by atoms with van der Waals surface area (Å²) in [5, 5.41) is 9.03. The molecule has 2 aromatic carbocycles. The molecule has 20 heteroatoms. The van der Waals surface area contributed by atoms with Crippen LogP contribution in [0, 0.1) is 11.6 Å². The second-order valence-electron chi connectivity index (χ2n) is 12.4. The van der Waals surface area contributed by atoms with E-state index in [0.29, 0.717) is 37.5 Å². The first-order chi connectivity index (χ1) is 25.7. The fourth-order valence-electron chi connectivity index (χ4n) is 6.20. The van der Waals surface area contributed by atoms with Gasteiger partial charge in [-0.05, 0) is 42.7 Å². The van der Waals surface area contributed by atoms with Crippen molar-refractivity contribution in [3.05, 3.63) is 86.1 Å². The van der Waals surface area contributed by atoms with E-state index in [1.165, 1.54) is 9.47 Å². The van der Waals surface area contributed by atoms with Crippen LogP contribution >= 0.6 is 11.6 Å². The van der Waals surface area contributed by atoms with Crippen molar-refractivity contribution in [3.63, 3.8) is 0 Å². The number of nitrogens with zero attached hydrogens (tertiary/aromatic N) is 6. The minimum Gasteiger partial charge on any atom is -0.396 e. The van der Waals surface area contributed by atoms with E-state index in [2.05, 4.69) is 20.7 Å². The molecule has 6 rings (SSSR count). The minimum atomic E-state index is -4.64. The van der Waals surface area contributed by atoms with Gasteiger partial charge >= 0.3 is 6.18 Å². The van der Waals surface area contributed by atoms with Crippen molar-refractivity contribution in [2.24, 2.45) is 0 Å². The van der Waals surface area contributed by atoms with Crippen LogP contribution in [0.15, 0.2) is 41.2 Å². The summed E-state index contributed by atoms with van der Waals surface area (Å²) in [5.74, 6) is -3.97. The van der Waals surface area contributed by atoms with Crippen molar-refractivity contribution >= 4 is 57.7 Å². The zero-order valence-corrected chi connectivity index (χ0v) is 29.4. The van der Waals surface area contributed by atoms with Crippen molar-refractivity contribution in [1.29, 1.82) is 0 Å². The smallest absolute Gasteiger partial charge is 0.396 e. The van der Waals surface area contributed by atoms with Crippen LogP contribution in [0.3, 0.4) is 0 Å². The largest absolute Gasteiger partial charge is 0.416 e. The third-order valence-corrected chi connectivity index (χ3v) is 9.28. The van der Waals surface area contributed by atoms with Gasteiger partial charge in [-0.15, -0.1) is 5.10 Å². The Morgan fingerprint density at radius 2 is 1.80 bits per heavy atom. The summed E-state index contributed by atoms with van der Waals surface area (Å²) in [5.41, 5.74) is 4.28. The second-order valence-corrected chi connectivity index (χ2v) is 12.8. The summed E-state index contributed by atoms with van der Waals surface area (Å²) in [6.45, 7) is 2.16. The first kappa shape index (κ1) is 38.2. The summed E-state index contributed by atoms with van der Waals surface area (Å²) in [4.78, 5) is 61.0. The molecule has 0 radical (unpaired) electrons. The molecule has 1 saturated heterocycles. The number of piperazine rings is 1. The summed E-state index contributed by atoms with van der Waals surface area (Å²) < 4.78 is 75.2. The van der Waals surface area contributed by atoms with Gasteiger partial charge in [0.2, 0.25) is 17.6 Å². The van der Waals surface area contributed by atoms with Crippen molar-refractivity contribution < 1.29 is 41.1 Å². The van der Waals surface area contributed by atoms with E-state index in [1.807, 2.05) is 0 Å². The highest BCUT2D eigenvalue weighted by Gasteiger charge is 2.32. The Labute approximate surface area is 308 Å². The van der Waals surface area contributed by atoms with Crippen LogP contribution in [0.1, 0.15) is 40.8 Å². The molecule has 0 saturated carbocycles. The lowest BCUT2D eigenvalue weighted by molar-refractivity contribution is -0.137. The number of rotatable bonds is 9. The molecule has 0 bridgehead atoms. The number of alkyl halides is 3. The Morgan fingerprint density at radius 3 is 2.44 bits per heavy atom. The molecule has 0 aliphatic carbocycles. The third-order valence-electron chi connectivity index (χ3n) is 8.96. The minimum absolute atomic E-state index is 0.0524. The van der Waals surface area contributed by atoms with Crippen LogP contribution in [0.25, 0.3) is 11.4 Å². The topological polar surface area (TPSA) is 169 Å². The number of nitrogens with one attached hydrogen (secondary N) is 2. The first-order valence-electron chi connectivity index (χ1n) is 16.7. The fourth-order valence-corrected chi connectivity index (χ4v) is 6.43. The molecule has 2 aliphatic rings. The highest BCUT2D eigenvalue weighted by molar-refractivity contribution is 6.33. The SMILES string of the molecule is CCc1c(N2CCN(C(=O)CNC(=O)c3cc(N)c(F)cc3F)CC2)c(=O)n2nc(C3=CCOCC3)nc2n1CC(=O)Nc1ccc(C(F)(F)F)cc1Cl. The van der Waals surface area contributed by atoms with Gasteiger partial charge in [0.25, 0.3) is 11.5 Å². The predicted octanol–water partition coefficient (Wildman–Crippen LogP) is 3.51. The number of carbonyl (C=O) groups is 3. The van der Waals surface area contributed by atoms with Crippen LogP contribution in [0.5, 0.6) is 0 Å². The molecule has 286 valence electrons. The average molecular weight is 778 g/mol. The summed E-state index contributed by atoms with van der Waals surface area (Å²) in [7, 11) is 0. The maximum Gasteiger partial charge on any atom is 0.416 e. The van der Waals surface area contributed by atoms with Crippen LogP contribution in [-0.4, -0.2) is 87.7 Å². The molecule has 2 aliphatic heterocycles. The van der Waals surface area contributed by atoms with Gasteiger partial charge in [-0.25, -0.2) is 8.78 Å². The Bertz CT molecular complexity index is 2230. The molecular formula is C34H33ClF5N9O5. The standard InChI is InChI=1S/C34H33ClF5N9O5/c1-2-26-29(47-9-7-46(8-10-47)28(51)16-42-31(52)20-14-24(41)23(37)15-22(20)36)32(53)49-33(44-30(45-49)18-5-11-54-12-6-18)48(26)17-27(50)43-25-4-3-19(13-21(25)35)34(38,39)40/h3-5,13-15H,2,6-12,16-17,41H2,1H3,(H,42,52)(H,43,50). The average Bonchev–Trinajstić information content (AvgIpc) is 3.60. The number of amides is 3. The van der Waals surface area contributed by atoms with Gasteiger partial charge in [0.15, 0.2) is 5.82 Å². The fraction of sp³-hybridized carbons (Fsp3) is 0.353. The molecule has 3 amide bonds. The van der Waals surface area contributed by atoms with Crippen molar-refractivity contribution in [2.45, 2.75) is 32.5 Å². The number of carbonyl (C=O) groups excluding carboxylic acids is 3. The van der Waals surface area contributed by atoms with E-state index in [4.69, 9.17) is 22.1 Å². The Kier molecular flexibility index (Phi) is 10.9. The number of nitrogen functional groups attached to an aromatic ring is 1. The third kappa shape index (κ3) is 7.86. The van der Waals surface area contributed by atoms with Crippen LogP contribution < -0.4 is 26.8 Å². The number of benzene rings is 2. The molecule has 0 atom stereocenters. The first-order valence-corrected chi connectivity index (χ1v) is 17.1. The number of anilines is 3. The number of hydrogen-bond donors (Lipinski definition) is 3. The molecule has 0 unspecified atom stereocenters. The monoisotopic (exact) mass is 777 g/mol. The summed E-state index contributed by atoms with van der Waals surface area (Å²) in [6, 6.07) is 3.86. The number of ether oxygens (including phenoxy) is 1. The Balaban J connectivity index is 1.25. The molecule has 1 fully saturated rings. The molecule has 14 nitrogen and oxygen atoms in total. The quantitative estimate of drug-likeness (QED) is 0.170. The zero-order chi connectivity index (χ0) is 38.9. The number of fused-ring (bicyclic) bond motifs is 1. The van der Waals surface area contributed by atoms with Crippen LogP contribution in [-0.2, 0) is 33.5 Å². The highest BCUT2D eigenvalue weighted by Crippen LogP contribution is 2.34. The van der Waals surface area contributed by atoms with Crippen molar-refractivity contribution in [2.75, 3.05) is 61.9 Å². The molecule has 4 heterocycles. The molecule has 0 spiro atoms.